The molecule has 0 amide bonds. The summed E-state index contributed by atoms with van der Waals surface area (Å²) in [7, 11) is -3.47. The van der Waals surface area contributed by atoms with Gasteiger partial charge in [0.05, 0.1) is 0 Å². The second-order valence-electron chi connectivity index (χ2n) is 5.43. The van der Waals surface area contributed by atoms with Gasteiger partial charge in [-0.25, -0.2) is 13.1 Å². The van der Waals surface area contributed by atoms with Gasteiger partial charge in [0, 0.05) is 12.6 Å². The molecule has 0 spiro atoms. The summed E-state index contributed by atoms with van der Waals surface area (Å²) in [5, 5.41) is 3.27. The lowest BCUT2D eigenvalue weighted by molar-refractivity contribution is 0.163. The SMILES string of the molecule is O=S(=O)(NC1CC1)c1ccccc1OC1CCCNC1. The molecule has 1 aliphatic heterocycles. The van der Waals surface area contributed by atoms with E-state index in [1.54, 1.807) is 18.2 Å². The van der Waals surface area contributed by atoms with Crippen LogP contribution < -0.4 is 14.8 Å². The molecule has 1 saturated carbocycles. The highest BCUT2D eigenvalue weighted by Gasteiger charge is 2.30. The Morgan fingerprint density at radius 2 is 2.00 bits per heavy atom. The first-order valence-corrected chi connectivity index (χ1v) is 8.62. The Morgan fingerprint density at radius 1 is 1.20 bits per heavy atom. The summed E-state index contributed by atoms with van der Waals surface area (Å²) >= 11 is 0. The van der Waals surface area contributed by atoms with E-state index < -0.39 is 10.0 Å². The van der Waals surface area contributed by atoms with Gasteiger partial charge in [-0.3, -0.25) is 0 Å². The molecule has 2 fully saturated rings. The molecule has 1 aromatic carbocycles. The Kier molecular flexibility index (Phi) is 3.96. The Morgan fingerprint density at radius 3 is 2.70 bits per heavy atom. The van der Waals surface area contributed by atoms with E-state index >= 15 is 0 Å². The van der Waals surface area contributed by atoms with Gasteiger partial charge >= 0.3 is 0 Å². The van der Waals surface area contributed by atoms with Crippen molar-refractivity contribution in [2.24, 2.45) is 0 Å². The lowest BCUT2D eigenvalue weighted by Crippen LogP contribution is -2.37. The number of piperidine rings is 1. The monoisotopic (exact) mass is 296 g/mol. The number of benzene rings is 1. The fraction of sp³-hybridized carbons (Fsp3) is 0.571. The molecule has 3 rings (SSSR count). The zero-order valence-electron chi connectivity index (χ0n) is 11.3. The number of para-hydroxylation sites is 1. The van der Waals surface area contributed by atoms with E-state index in [1.165, 1.54) is 0 Å². The third-order valence-electron chi connectivity index (χ3n) is 3.58. The largest absolute Gasteiger partial charge is 0.488 e. The van der Waals surface area contributed by atoms with Crippen LogP contribution in [0.25, 0.3) is 0 Å². The summed E-state index contributed by atoms with van der Waals surface area (Å²) in [6.45, 7) is 1.77. The number of hydrogen-bond acceptors (Lipinski definition) is 4. The van der Waals surface area contributed by atoms with E-state index in [-0.39, 0.29) is 17.0 Å². The fourth-order valence-corrected chi connectivity index (χ4v) is 3.79. The molecule has 1 aromatic rings. The van der Waals surface area contributed by atoms with Crippen LogP contribution in [0, 0.1) is 0 Å². The van der Waals surface area contributed by atoms with Gasteiger partial charge in [-0.2, -0.15) is 0 Å². The van der Waals surface area contributed by atoms with Gasteiger partial charge < -0.3 is 10.1 Å². The van der Waals surface area contributed by atoms with E-state index in [0.29, 0.717) is 5.75 Å². The summed E-state index contributed by atoms with van der Waals surface area (Å²) in [6.07, 6.45) is 3.90. The van der Waals surface area contributed by atoms with Gasteiger partial charge in [0.25, 0.3) is 0 Å². The van der Waals surface area contributed by atoms with Crippen LogP contribution in [0.5, 0.6) is 5.75 Å². The van der Waals surface area contributed by atoms with Crippen molar-refractivity contribution >= 4 is 10.0 Å². The van der Waals surface area contributed by atoms with Crippen molar-refractivity contribution in [1.82, 2.24) is 10.0 Å². The first kappa shape index (κ1) is 13.9. The standard InChI is InChI=1S/C14H20N2O3S/c17-20(18,16-11-7-8-11)14-6-2-1-5-13(14)19-12-4-3-9-15-10-12/h1-2,5-6,11-12,15-16H,3-4,7-10H2. The van der Waals surface area contributed by atoms with Crippen LogP contribution in [0.2, 0.25) is 0 Å². The Labute approximate surface area is 119 Å². The van der Waals surface area contributed by atoms with Crippen LogP contribution in [0.3, 0.4) is 0 Å². The normalized spacial score (nSPS) is 23.5. The van der Waals surface area contributed by atoms with Crippen molar-refractivity contribution in [2.45, 2.75) is 42.7 Å². The van der Waals surface area contributed by atoms with Crippen LogP contribution in [0.15, 0.2) is 29.2 Å². The van der Waals surface area contributed by atoms with Crippen molar-refractivity contribution in [3.8, 4) is 5.75 Å². The first-order valence-electron chi connectivity index (χ1n) is 7.14. The topological polar surface area (TPSA) is 67.4 Å². The zero-order chi connectivity index (χ0) is 14.0. The summed E-state index contributed by atoms with van der Waals surface area (Å²) < 4.78 is 33.3. The second kappa shape index (κ2) is 5.71. The van der Waals surface area contributed by atoms with E-state index in [9.17, 15) is 8.42 Å². The quantitative estimate of drug-likeness (QED) is 0.858. The van der Waals surface area contributed by atoms with Gasteiger partial charge in [-0.1, -0.05) is 12.1 Å². The molecular weight excluding hydrogens is 276 g/mol. The van der Waals surface area contributed by atoms with Crippen molar-refractivity contribution in [1.29, 1.82) is 0 Å². The molecule has 6 heteroatoms. The van der Waals surface area contributed by atoms with Gasteiger partial charge in [-0.05, 0) is 44.4 Å². The molecule has 2 N–H and O–H groups in total. The van der Waals surface area contributed by atoms with Crippen LogP contribution in [-0.2, 0) is 10.0 Å². The van der Waals surface area contributed by atoms with Crippen LogP contribution in [0.1, 0.15) is 25.7 Å². The molecule has 0 radical (unpaired) electrons. The van der Waals surface area contributed by atoms with Crippen LogP contribution in [0.4, 0.5) is 0 Å². The second-order valence-corrected chi connectivity index (χ2v) is 7.11. The average Bonchev–Trinajstić information content (AvgIpc) is 3.24. The van der Waals surface area contributed by atoms with Crippen LogP contribution >= 0.6 is 0 Å². The van der Waals surface area contributed by atoms with Crippen molar-refractivity contribution in [3.63, 3.8) is 0 Å². The summed E-state index contributed by atoms with van der Waals surface area (Å²) in [4.78, 5) is 0.248. The van der Waals surface area contributed by atoms with Gasteiger partial charge in [0.1, 0.15) is 16.7 Å². The minimum absolute atomic E-state index is 0.0426. The summed E-state index contributed by atoms with van der Waals surface area (Å²) in [5.74, 6) is 0.453. The number of nitrogens with one attached hydrogen (secondary N) is 2. The van der Waals surface area contributed by atoms with Gasteiger partial charge in [-0.15, -0.1) is 0 Å². The van der Waals surface area contributed by atoms with E-state index in [4.69, 9.17) is 4.74 Å². The van der Waals surface area contributed by atoms with E-state index in [0.717, 1.165) is 38.8 Å². The molecule has 1 atom stereocenters. The maximum atomic E-state index is 12.3. The van der Waals surface area contributed by atoms with Gasteiger partial charge in [0.2, 0.25) is 10.0 Å². The molecule has 1 saturated heterocycles. The molecular formula is C14H20N2O3S. The average molecular weight is 296 g/mol. The molecule has 0 bridgehead atoms. The molecule has 1 aliphatic carbocycles. The smallest absolute Gasteiger partial charge is 0.244 e. The number of hydrogen-bond donors (Lipinski definition) is 2. The zero-order valence-corrected chi connectivity index (χ0v) is 12.2. The fourth-order valence-electron chi connectivity index (χ4n) is 2.35. The minimum Gasteiger partial charge on any atom is -0.488 e. The number of ether oxygens (including phenoxy) is 1. The first-order chi connectivity index (χ1) is 9.65. The van der Waals surface area contributed by atoms with Crippen molar-refractivity contribution < 1.29 is 13.2 Å². The Hall–Kier alpha value is -1.11. The third kappa shape index (κ3) is 3.31. The minimum atomic E-state index is -3.47. The summed E-state index contributed by atoms with van der Waals surface area (Å²) in [5.41, 5.74) is 0. The molecule has 1 unspecified atom stereocenters. The highest BCUT2D eigenvalue weighted by atomic mass is 32.2. The lowest BCUT2D eigenvalue weighted by atomic mass is 10.1. The number of rotatable bonds is 5. The molecule has 20 heavy (non-hydrogen) atoms. The van der Waals surface area contributed by atoms with Crippen molar-refractivity contribution in [3.05, 3.63) is 24.3 Å². The van der Waals surface area contributed by atoms with E-state index in [2.05, 4.69) is 10.0 Å². The highest BCUT2D eigenvalue weighted by Crippen LogP contribution is 2.28. The molecule has 2 aliphatic rings. The molecule has 0 aromatic heterocycles. The maximum Gasteiger partial charge on any atom is 0.244 e. The predicted octanol–water partition coefficient (Wildman–Crippen LogP) is 1.26. The molecule has 5 nitrogen and oxygen atoms in total. The highest BCUT2D eigenvalue weighted by molar-refractivity contribution is 7.89. The summed E-state index contributed by atoms with van der Waals surface area (Å²) in [6, 6.07) is 6.98. The molecule has 1 heterocycles. The predicted molar refractivity (Wildman–Crippen MR) is 76.3 cm³/mol. The number of sulfonamides is 1. The maximum absolute atomic E-state index is 12.3. The third-order valence-corrected chi connectivity index (χ3v) is 5.14. The molecule has 110 valence electrons. The Balaban J connectivity index is 1.79. The van der Waals surface area contributed by atoms with Gasteiger partial charge in [0.15, 0.2) is 0 Å². The Bertz CT molecular complexity index is 564. The lowest BCUT2D eigenvalue weighted by Gasteiger charge is -2.25. The van der Waals surface area contributed by atoms with Crippen molar-refractivity contribution in [2.75, 3.05) is 13.1 Å². The van der Waals surface area contributed by atoms with E-state index in [1.807, 2.05) is 6.07 Å². The van der Waals surface area contributed by atoms with Crippen LogP contribution in [-0.4, -0.2) is 33.7 Å².